The predicted octanol–water partition coefficient (Wildman–Crippen LogP) is 3.69. The lowest BCUT2D eigenvalue weighted by atomic mass is 10.1. The first-order valence-electron chi connectivity index (χ1n) is 8.05. The van der Waals surface area contributed by atoms with Crippen molar-refractivity contribution in [2.45, 2.75) is 24.7 Å². The number of nitrogens with zero attached hydrogens (tertiary/aromatic N) is 1. The first kappa shape index (κ1) is 17.8. The lowest BCUT2D eigenvalue weighted by molar-refractivity contribution is 0.0793. The minimum Gasteiger partial charge on any atom is -0.339 e. The summed E-state index contributed by atoms with van der Waals surface area (Å²) in [6, 6.07) is 11.0. The fourth-order valence-corrected chi connectivity index (χ4v) is 4.09. The first-order valence-corrected chi connectivity index (χ1v) is 9.91. The molecule has 1 heterocycles. The standard InChI is InChI=1S/C18H19ClN2O3S/c1-13-12-14(18(22)21-10-2-3-11-21)4-9-17(13)20-25(23,24)16-7-5-15(19)6-8-16/h4-9,12,20H,2-3,10-11H2,1H3. The highest BCUT2D eigenvalue weighted by Gasteiger charge is 2.21. The summed E-state index contributed by atoms with van der Waals surface area (Å²) < 4.78 is 27.5. The highest BCUT2D eigenvalue weighted by molar-refractivity contribution is 7.92. The van der Waals surface area contributed by atoms with Gasteiger partial charge < -0.3 is 4.90 Å². The maximum Gasteiger partial charge on any atom is 0.261 e. The Morgan fingerprint density at radius 1 is 1.08 bits per heavy atom. The zero-order chi connectivity index (χ0) is 18.0. The summed E-state index contributed by atoms with van der Waals surface area (Å²) in [5.74, 6) is -0.00675. The summed E-state index contributed by atoms with van der Waals surface area (Å²) in [5, 5.41) is 0.472. The molecule has 1 saturated heterocycles. The largest absolute Gasteiger partial charge is 0.339 e. The van der Waals surface area contributed by atoms with Gasteiger partial charge in [0, 0.05) is 23.7 Å². The lowest BCUT2D eigenvalue weighted by Crippen LogP contribution is -2.27. The summed E-state index contributed by atoms with van der Waals surface area (Å²) >= 11 is 5.80. The van der Waals surface area contributed by atoms with E-state index in [0.29, 0.717) is 21.8 Å². The SMILES string of the molecule is Cc1cc(C(=O)N2CCCC2)ccc1NS(=O)(=O)c1ccc(Cl)cc1. The molecule has 0 bridgehead atoms. The van der Waals surface area contributed by atoms with Gasteiger partial charge in [-0.15, -0.1) is 0 Å². The Morgan fingerprint density at radius 3 is 2.32 bits per heavy atom. The van der Waals surface area contributed by atoms with Gasteiger partial charge in [0.2, 0.25) is 0 Å². The number of hydrogen-bond donors (Lipinski definition) is 1. The topological polar surface area (TPSA) is 66.5 Å². The third kappa shape index (κ3) is 3.96. The van der Waals surface area contributed by atoms with Gasteiger partial charge in [0.15, 0.2) is 0 Å². The molecule has 0 unspecified atom stereocenters. The van der Waals surface area contributed by atoms with Crippen molar-refractivity contribution in [3.63, 3.8) is 0 Å². The van der Waals surface area contributed by atoms with Gasteiger partial charge in [-0.05, 0) is 67.8 Å². The minimum absolute atomic E-state index is 0.00675. The fourth-order valence-electron chi connectivity index (χ4n) is 2.83. The van der Waals surface area contributed by atoms with Gasteiger partial charge in [-0.25, -0.2) is 8.42 Å². The van der Waals surface area contributed by atoms with Crippen LogP contribution >= 0.6 is 11.6 Å². The number of nitrogens with one attached hydrogen (secondary N) is 1. The van der Waals surface area contributed by atoms with E-state index in [1.54, 1.807) is 25.1 Å². The summed E-state index contributed by atoms with van der Waals surface area (Å²) in [6.07, 6.45) is 2.06. The number of carbonyl (C=O) groups excluding carboxylic acids is 1. The van der Waals surface area contributed by atoms with E-state index >= 15 is 0 Å². The Hall–Kier alpha value is -2.05. The van der Waals surface area contributed by atoms with Crippen LogP contribution in [0, 0.1) is 6.92 Å². The normalized spacial score (nSPS) is 14.6. The highest BCUT2D eigenvalue weighted by atomic mass is 35.5. The molecular formula is C18H19ClN2O3S. The Bertz CT molecular complexity index is 889. The summed E-state index contributed by atoms with van der Waals surface area (Å²) in [5.41, 5.74) is 1.73. The number of rotatable bonds is 4. The molecule has 1 fully saturated rings. The van der Waals surface area contributed by atoms with Crippen molar-refractivity contribution in [2.75, 3.05) is 17.8 Å². The number of halogens is 1. The number of anilines is 1. The molecule has 1 N–H and O–H groups in total. The molecule has 25 heavy (non-hydrogen) atoms. The Balaban J connectivity index is 1.81. The van der Waals surface area contributed by atoms with Crippen LogP contribution in [0.3, 0.4) is 0 Å². The van der Waals surface area contributed by atoms with Gasteiger partial charge in [0.25, 0.3) is 15.9 Å². The van der Waals surface area contributed by atoms with Crippen molar-refractivity contribution in [1.29, 1.82) is 0 Å². The van der Waals surface area contributed by atoms with Crippen molar-refractivity contribution in [3.8, 4) is 0 Å². The molecule has 1 aliphatic rings. The summed E-state index contributed by atoms with van der Waals surface area (Å²) in [4.78, 5) is 14.4. The molecule has 132 valence electrons. The number of benzene rings is 2. The second kappa shape index (κ2) is 7.06. The van der Waals surface area contributed by atoms with Gasteiger partial charge in [0.05, 0.1) is 10.6 Å². The molecule has 7 heteroatoms. The molecule has 1 aliphatic heterocycles. The van der Waals surface area contributed by atoms with Crippen LogP contribution in [-0.2, 0) is 10.0 Å². The van der Waals surface area contributed by atoms with E-state index in [2.05, 4.69) is 4.72 Å². The minimum atomic E-state index is -3.71. The molecule has 0 saturated carbocycles. The van der Waals surface area contributed by atoms with Crippen LogP contribution in [0.4, 0.5) is 5.69 Å². The fraction of sp³-hybridized carbons (Fsp3) is 0.278. The maximum absolute atomic E-state index is 12.5. The van der Waals surface area contributed by atoms with E-state index in [9.17, 15) is 13.2 Å². The van der Waals surface area contributed by atoms with Crippen LogP contribution in [0.25, 0.3) is 0 Å². The number of hydrogen-bond acceptors (Lipinski definition) is 3. The van der Waals surface area contributed by atoms with E-state index in [0.717, 1.165) is 25.9 Å². The van der Waals surface area contributed by atoms with Crippen molar-refractivity contribution in [2.24, 2.45) is 0 Å². The van der Waals surface area contributed by atoms with Gasteiger partial charge in [-0.2, -0.15) is 0 Å². The molecule has 0 aliphatic carbocycles. The zero-order valence-corrected chi connectivity index (χ0v) is 15.4. The number of sulfonamides is 1. The van der Waals surface area contributed by atoms with E-state index in [-0.39, 0.29) is 10.8 Å². The molecule has 1 amide bonds. The number of carbonyl (C=O) groups is 1. The molecule has 2 aromatic carbocycles. The van der Waals surface area contributed by atoms with Gasteiger partial charge in [-0.3, -0.25) is 9.52 Å². The van der Waals surface area contributed by atoms with Crippen LogP contribution in [0.2, 0.25) is 5.02 Å². The summed E-state index contributed by atoms with van der Waals surface area (Å²) in [6.45, 7) is 3.34. The quantitative estimate of drug-likeness (QED) is 0.882. The van der Waals surface area contributed by atoms with Gasteiger partial charge in [-0.1, -0.05) is 11.6 Å². The first-order chi connectivity index (χ1) is 11.9. The Labute approximate surface area is 152 Å². The lowest BCUT2D eigenvalue weighted by Gasteiger charge is -2.17. The van der Waals surface area contributed by atoms with Crippen LogP contribution in [0.15, 0.2) is 47.4 Å². The van der Waals surface area contributed by atoms with E-state index in [1.165, 1.54) is 24.3 Å². The van der Waals surface area contributed by atoms with Crippen molar-refractivity contribution < 1.29 is 13.2 Å². The van der Waals surface area contributed by atoms with Crippen LogP contribution < -0.4 is 4.72 Å². The smallest absolute Gasteiger partial charge is 0.261 e. The second-order valence-corrected chi connectivity index (χ2v) is 8.21. The van der Waals surface area contributed by atoms with Crippen LogP contribution in [-0.4, -0.2) is 32.3 Å². The third-order valence-electron chi connectivity index (χ3n) is 4.23. The average Bonchev–Trinajstić information content (AvgIpc) is 3.11. The molecule has 3 rings (SSSR count). The van der Waals surface area contributed by atoms with Crippen molar-refractivity contribution >= 4 is 33.2 Å². The van der Waals surface area contributed by atoms with Gasteiger partial charge >= 0.3 is 0 Å². The van der Waals surface area contributed by atoms with E-state index in [4.69, 9.17) is 11.6 Å². The molecule has 0 aromatic heterocycles. The molecule has 0 radical (unpaired) electrons. The van der Waals surface area contributed by atoms with E-state index in [1.807, 2.05) is 4.90 Å². The van der Waals surface area contributed by atoms with E-state index < -0.39 is 10.0 Å². The molecule has 0 spiro atoms. The van der Waals surface area contributed by atoms with Crippen molar-refractivity contribution in [1.82, 2.24) is 4.90 Å². The molecule has 0 atom stereocenters. The number of likely N-dealkylation sites (tertiary alicyclic amines) is 1. The summed E-state index contributed by atoms with van der Waals surface area (Å²) in [7, 11) is -3.71. The Morgan fingerprint density at radius 2 is 1.72 bits per heavy atom. The highest BCUT2D eigenvalue weighted by Crippen LogP contribution is 2.23. The van der Waals surface area contributed by atoms with Crippen molar-refractivity contribution in [3.05, 3.63) is 58.6 Å². The third-order valence-corrected chi connectivity index (χ3v) is 5.87. The molecular weight excluding hydrogens is 360 g/mol. The zero-order valence-electron chi connectivity index (χ0n) is 13.8. The molecule has 2 aromatic rings. The van der Waals surface area contributed by atoms with Gasteiger partial charge in [0.1, 0.15) is 0 Å². The number of aryl methyl sites for hydroxylation is 1. The number of amides is 1. The van der Waals surface area contributed by atoms with Crippen LogP contribution in [0.5, 0.6) is 0 Å². The maximum atomic E-state index is 12.5. The molecule has 5 nitrogen and oxygen atoms in total. The van der Waals surface area contributed by atoms with Crippen LogP contribution in [0.1, 0.15) is 28.8 Å². The Kier molecular flexibility index (Phi) is 5.01. The predicted molar refractivity (Wildman–Crippen MR) is 98.6 cm³/mol. The monoisotopic (exact) mass is 378 g/mol. The second-order valence-electron chi connectivity index (χ2n) is 6.09. The average molecular weight is 379 g/mol.